The number of carbonyl (C=O) groups excluding carboxylic acids is 1. The van der Waals surface area contributed by atoms with E-state index in [0.717, 1.165) is 9.13 Å². The molecular formula is C16H12IN3O2. The van der Waals surface area contributed by atoms with Gasteiger partial charge in [-0.05, 0) is 64.6 Å². The van der Waals surface area contributed by atoms with E-state index in [-0.39, 0.29) is 12.5 Å². The molecule has 0 atom stereocenters. The first-order valence-corrected chi connectivity index (χ1v) is 7.46. The van der Waals surface area contributed by atoms with Crippen LogP contribution in [0.15, 0.2) is 53.6 Å². The molecular weight excluding hydrogens is 393 g/mol. The highest BCUT2D eigenvalue weighted by molar-refractivity contribution is 14.1. The second kappa shape index (κ2) is 8.14. The molecule has 0 aromatic heterocycles. The Labute approximate surface area is 141 Å². The molecule has 1 N–H and O–H groups in total. The average molecular weight is 405 g/mol. The molecule has 0 unspecified atom stereocenters. The second-order valence-corrected chi connectivity index (χ2v) is 5.52. The van der Waals surface area contributed by atoms with E-state index >= 15 is 0 Å². The molecule has 0 radical (unpaired) electrons. The van der Waals surface area contributed by atoms with Crippen LogP contribution >= 0.6 is 22.6 Å². The van der Waals surface area contributed by atoms with Crippen LogP contribution in [-0.4, -0.2) is 18.7 Å². The van der Waals surface area contributed by atoms with E-state index in [1.54, 1.807) is 36.4 Å². The molecule has 0 aliphatic rings. The average Bonchev–Trinajstić information content (AvgIpc) is 2.55. The predicted molar refractivity (Wildman–Crippen MR) is 91.5 cm³/mol. The molecule has 0 heterocycles. The minimum Gasteiger partial charge on any atom is -0.484 e. The van der Waals surface area contributed by atoms with E-state index in [1.807, 2.05) is 18.2 Å². The van der Waals surface area contributed by atoms with Crippen LogP contribution in [0.5, 0.6) is 5.75 Å². The third-order valence-corrected chi connectivity index (χ3v) is 3.35. The van der Waals surface area contributed by atoms with E-state index < -0.39 is 0 Å². The fraction of sp³-hybridized carbons (Fsp3) is 0.0625. The van der Waals surface area contributed by atoms with Crippen molar-refractivity contribution < 1.29 is 9.53 Å². The molecule has 2 aromatic rings. The number of hydrazone groups is 1. The van der Waals surface area contributed by atoms with Gasteiger partial charge in [-0.25, -0.2) is 5.43 Å². The molecule has 2 aromatic carbocycles. The van der Waals surface area contributed by atoms with Gasteiger partial charge in [0.1, 0.15) is 5.75 Å². The number of halogens is 1. The number of rotatable bonds is 5. The minimum atomic E-state index is -0.344. The standard InChI is InChI=1S/C16H12IN3O2/c17-14-5-7-15(8-6-14)22-11-16(21)20-19-10-13-3-1-12(9-18)2-4-13/h1-8,10H,11H2,(H,20,21)/b19-10-. The monoisotopic (exact) mass is 405 g/mol. The Morgan fingerprint density at radius 2 is 1.91 bits per heavy atom. The van der Waals surface area contributed by atoms with Crippen LogP contribution in [0.3, 0.4) is 0 Å². The van der Waals surface area contributed by atoms with E-state index in [9.17, 15) is 4.79 Å². The lowest BCUT2D eigenvalue weighted by Gasteiger charge is -2.04. The first-order chi connectivity index (χ1) is 10.7. The number of nitrogens with zero attached hydrogens (tertiary/aromatic N) is 2. The molecule has 0 aliphatic carbocycles. The first kappa shape index (κ1) is 16.0. The number of hydrogen-bond donors (Lipinski definition) is 1. The van der Waals surface area contributed by atoms with Crippen LogP contribution < -0.4 is 10.2 Å². The summed E-state index contributed by atoms with van der Waals surface area (Å²) in [6.07, 6.45) is 1.50. The number of amides is 1. The van der Waals surface area contributed by atoms with Crippen molar-refractivity contribution in [1.82, 2.24) is 5.43 Å². The molecule has 22 heavy (non-hydrogen) atoms. The summed E-state index contributed by atoms with van der Waals surface area (Å²) in [6.45, 7) is -0.106. The quantitative estimate of drug-likeness (QED) is 0.472. The van der Waals surface area contributed by atoms with Crippen molar-refractivity contribution in [2.75, 3.05) is 6.61 Å². The SMILES string of the molecule is N#Cc1ccc(/C=N\NC(=O)COc2ccc(I)cc2)cc1. The Morgan fingerprint density at radius 3 is 2.55 bits per heavy atom. The number of benzene rings is 2. The molecule has 0 spiro atoms. The van der Waals surface area contributed by atoms with Crippen LogP contribution in [0.2, 0.25) is 0 Å². The Balaban J connectivity index is 1.78. The topological polar surface area (TPSA) is 74.5 Å². The number of hydrogen-bond acceptors (Lipinski definition) is 4. The fourth-order valence-corrected chi connectivity index (χ4v) is 1.89. The Morgan fingerprint density at radius 1 is 1.23 bits per heavy atom. The van der Waals surface area contributed by atoms with Gasteiger partial charge in [-0.1, -0.05) is 12.1 Å². The van der Waals surface area contributed by atoms with Crippen LogP contribution in [-0.2, 0) is 4.79 Å². The Kier molecular flexibility index (Phi) is 5.91. The largest absolute Gasteiger partial charge is 0.484 e. The van der Waals surface area contributed by atoms with Gasteiger partial charge in [0.15, 0.2) is 6.61 Å². The molecule has 0 saturated carbocycles. The summed E-state index contributed by atoms with van der Waals surface area (Å²) >= 11 is 2.19. The highest BCUT2D eigenvalue weighted by Gasteiger charge is 2.01. The zero-order valence-electron chi connectivity index (χ0n) is 11.5. The molecule has 0 bridgehead atoms. The summed E-state index contributed by atoms with van der Waals surface area (Å²) in [6, 6.07) is 16.3. The highest BCUT2D eigenvalue weighted by atomic mass is 127. The van der Waals surface area contributed by atoms with E-state index in [4.69, 9.17) is 10.00 Å². The molecule has 0 aliphatic heterocycles. The van der Waals surface area contributed by atoms with Crippen LogP contribution in [0.1, 0.15) is 11.1 Å². The van der Waals surface area contributed by atoms with Crippen molar-refractivity contribution >= 4 is 34.7 Å². The number of ether oxygens (including phenoxy) is 1. The lowest BCUT2D eigenvalue weighted by Crippen LogP contribution is -2.24. The summed E-state index contributed by atoms with van der Waals surface area (Å²) < 4.78 is 6.43. The van der Waals surface area contributed by atoms with E-state index in [1.165, 1.54) is 6.21 Å². The van der Waals surface area contributed by atoms with Crippen molar-refractivity contribution in [2.24, 2.45) is 5.10 Å². The summed E-state index contributed by atoms with van der Waals surface area (Å²) in [4.78, 5) is 11.6. The van der Waals surface area contributed by atoms with Crippen LogP contribution in [0.4, 0.5) is 0 Å². The van der Waals surface area contributed by atoms with Crippen molar-refractivity contribution in [3.63, 3.8) is 0 Å². The zero-order chi connectivity index (χ0) is 15.8. The van der Waals surface area contributed by atoms with Crippen LogP contribution in [0, 0.1) is 14.9 Å². The maximum absolute atomic E-state index is 11.6. The highest BCUT2D eigenvalue weighted by Crippen LogP contribution is 2.13. The van der Waals surface area contributed by atoms with Gasteiger partial charge in [-0.15, -0.1) is 0 Å². The molecule has 110 valence electrons. The van der Waals surface area contributed by atoms with Crippen molar-refractivity contribution in [2.45, 2.75) is 0 Å². The van der Waals surface area contributed by atoms with Gasteiger partial charge < -0.3 is 4.74 Å². The number of nitrogens with one attached hydrogen (secondary N) is 1. The van der Waals surface area contributed by atoms with Crippen molar-refractivity contribution in [3.05, 3.63) is 63.2 Å². The van der Waals surface area contributed by atoms with Gasteiger partial charge in [0, 0.05) is 3.57 Å². The predicted octanol–water partition coefficient (Wildman–Crippen LogP) is 2.69. The maximum Gasteiger partial charge on any atom is 0.277 e. The third kappa shape index (κ3) is 5.18. The maximum atomic E-state index is 11.6. The van der Waals surface area contributed by atoms with Crippen LogP contribution in [0.25, 0.3) is 0 Å². The normalized spacial score (nSPS) is 10.2. The summed E-state index contributed by atoms with van der Waals surface area (Å²) in [5, 5.41) is 12.5. The number of carbonyl (C=O) groups is 1. The molecule has 5 nitrogen and oxygen atoms in total. The van der Waals surface area contributed by atoms with Gasteiger partial charge in [-0.2, -0.15) is 10.4 Å². The van der Waals surface area contributed by atoms with Crippen molar-refractivity contribution in [3.8, 4) is 11.8 Å². The lowest BCUT2D eigenvalue weighted by molar-refractivity contribution is -0.123. The summed E-state index contributed by atoms with van der Waals surface area (Å²) in [7, 11) is 0. The number of nitriles is 1. The zero-order valence-corrected chi connectivity index (χ0v) is 13.6. The van der Waals surface area contributed by atoms with Gasteiger partial charge in [0.25, 0.3) is 5.91 Å². The lowest BCUT2D eigenvalue weighted by atomic mass is 10.2. The smallest absolute Gasteiger partial charge is 0.277 e. The van der Waals surface area contributed by atoms with Crippen molar-refractivity contribution in [1.29, 1.82) is 5.26 Å². The molecule has 2 rings (SSSR count). The van der Waals surface area contributed by atoms with Gasteiger partial charge in [0.05, 0.1) is 17.8 Å². The Bertz CT molecular complexity index is 704. The van der Waals surface area contributed by atoms with Gasteiger partial charge in [-0.3, -0.25) is 4.79 Å². The van der Waals surface area contributed by atoms with Gasteiger partial charge in [0.2, 0.25) is 0 Å². The second-order valence-electron chi connectivity index (χ2n) is 4.27. The minimum absolute atomic E-state index is 0.106. The first-order valence-electron chi connectivity index (χ1n) is 6.38. The van der Waals surface area contributed by atoms with E-state index in [2.05, 4.69) is 33.1 Å². The van der Waals surface area contributed by atoms with Gasteiger partial charge >= 0.3 is 0 Å². The summed E-state index contributed by atoms with van der Waals surface area (Å²) in [5.41, 5.74) is 3.75. The molecule has 0 fully saturated rings. The molecule has 0 saturated heterocycles. The fourth-order valence-electron chi connectivity index (χ4n) is 1.53. The third-order valence-electron chi connectivity index (χ3n) is 2.63. The molecule has 6 heteroatoms. The molecule has 1 amide bonds. The Hall–Kier alpha value is -2.40. The summed E-state index contributed by atoms with van der Waals surface area (Å²) in [5.74, 6) is 0.287. The van der Waals surface area contributed by atoms with E-state index in [0.29, 0.717) is 11.3 Å².